The van der Waals surface area contributed by atoms with Crippen molar-refractivity contribution in [2.75, 3.05) is 0 Å². The number of allylic oxidation sites excluding steroid dienone is 2. The number of hydrogen-bond donors (Lipinski definition) is 1. The second kappa shape index (κ2) is 25.1. The minimum absolute atomic E-state index is 0. The summed E-state index contributed by atoms with van der Waals surface area (Å²) in [4.78, 5) is 17.4. The second-order valence-electron chi connectivity index (χ2n) is 20.4. The molecule has 71 heavy (non-hydrogen) atoms. The average molecular weight is 1120 g/mol. The van der Waals surface area contributed by atoms with E-state index in [1.807, 2.05) is 6.20 Å². The fourth-order valence-electron chi connectivity index (χ4n) is 10.1. The van der Waals surface area contributed by atoms with Crippen LogP contribution in [0.15, 0.2) is 200 Å². The molecule has 3 nitrogen and oxygen atoms in total. The van der Waals surface area contributed by atoms with E-state index in [-0.39, 0.29) is 44.4 Å². The van der Waals surface area contributed by atoms with Crippen LogP contribution in [0.4, 0.5) is 0 Å². The minimum atomic E-state index is -0.0119. The van der Waals surface area contributed by atoms with Gasteiger partial charge in [0, 0.05) is 45.2 Å². The van der Waals surface area contributed by atoms with Crippen LogP contribution in [0.25, 0.3) is 78.0 Å². The Kier molecular flexibility index (Phi) is 19.1. The number of carbonyl (C=O) groups is 1. The Morgan fingerprint density at radius 2 is 0.817 bits per heavy atom. The average Bonchev–Trinajstić information content (AvgIpc) is 3.36. The zero-order valence-corrected chi connectivity index (χ0v) is 45.4. The SMILES string of the molecule is CC(C)C(C(=O)/C=C(\O)C(C(C)C)C(C)C)C(C)C.CC(C)c1c[c-]c(-c2ccc(-c3cc(-c4ccccc4)cc(-c4ccccc4)c3)cn2)cc1-c1cc(-c2ccccc2)cc(-c2ccccc2)c1.[Pt]. The topological polar surface area (TPSA) is 50.2 Å². The number of hydrogen-bond acceptors (Lipinski definition) is 3. The summed E-state index contributed by atoms with van der Waals surface area (Å²) in [6.07, 6.45) is 3.48. The Bertz CT molecular complexity index is 2840. The zero-order valence-electron chi connectivity index (χ0n) is 43.1. The van der Waals surface area contributed by atoms with Gasteiger partial charge in [-0.05, 0) is 127 Å². The summed E-state index contributed by atoms with van der Waals surface area (Å²) in [7, 11) is 0. The van der Waals surface area contributed by atoms with Crippen LogP contribution in [-0.2, 0) is 25.9 Å². The summed E-state index contributed by atoms with van der Waals surface area (Å²) in [6, 6.07) is 68.6. The van der Waals surface area contributed by atoms with E-state index in [1.54, 1.807) is 0 Å². The number of aliphatic hydroxyl groups is 1. The first-order chi connectivity index (χ1) is 33.7. The van der Waals surface area contributed by atoms with E-state index >= 15 is 0 Å². The van der Waals surface area contributed by atoms with Gasteiger partial charge < -0.3 is 10.1 Å². The zero-order chi connectivity index (χ0) is 49.9. The molecule has 0 aliphatic carbocycles. The third kappa shape index (κ3) is 13.7. The summed E-state index contributed by atoms with van der Waals surface area (Å²) in [5.41, 5.74) is 17.3. The molecule has 0 saturated heterocycles. The minimum Gasteiger partial charge on any atom is -0.512 e. The van der Waals surface area contributed by atoms with Gasteiger partial charge in [0.05, 0.1) is 5.76 Å². The van der Waals surface area contributed by atoms with Crippen LogP contribution in [0.1, 0.15) is 80.7 Å². The van der Waals surface area contributed by atoms with E-state index in [0.717, 1.165) is 22.4 Å². The molecule has 0 saturated carbocycles. The van der Waals surface area contributed by atoms with Gasteiger partial charge >= 0.3 is 0 Å². The van der Waals surface area contributed by atoms with E-state index in [2.05, 4.69) is 257 Å². The van der Waals surface area contributed by atoms with Crippen molar-refractivity contribution >= 4 is 5.78 Å². The Hall–Kier alpha value is -6.41. The number of pyridine rings is 1. The van der Waals surface area contributed by atoms with Gasteiger partial charge in [0.15, 0.2) is 5.78 Å². The maximum absolute atomic E-state index is 12.3. The van der Waals surface area contributed by atoms with Gasteiger partial charge in [0.1, 0.15) is 0 Å². The largest absolute Gasteiger partial charge is 0.512 e. The van der Waals surface area contributed by atoms with Gasteiger partial charge in [-0.15, -0.1) is 29.3 Å². The van der Waals surface area contributed by atoms with Gasteiger partial charge in [-0.3, -0.25) is 4.79 Å². The first kappa shape index (κ1) is 53.9. The van der Waals surface area contributed by atoms with Gasteiger partial charge in [-0.1, -0.05) is 214 Å². The Labute approximate surface area is 439 Å². The third-order valence-corrected chi connectivity index (χ3v) is 13.4. The van der Waals surface area contributed by atoms with Crippen LogP contribution in [0.2, 0.25) is 0 Å². The molecule has 1 N–H and O–H groups in total. The maximum atomic E-state index is 12.3. The summed E-state index contributed by atoms with van der Waals surface area (Å²) in [5.74, 6) is 1.96. The van der Waals surface area contributed by atoms with Crippen LogP contribution in [0, 0.1) is 41.6 Å². The number of ketones is 1. The molecule has 1 heterocycles. The molecule has 7 aromatic carbocycles. The first-order valence-corrected chi connectivity index (χ1v) is 25.2. The second-order valence-corrected chi connectivity index (χ2v) is 20.4. The third-order valence-electron chi connectivity index (χ3n) is 13.4. The summed E-state index contributed by atoms with van der Waals surface area (Å²) in [5, 5.41) is 10.3. The standard InChI is InChI=1S/C50H38N.C17H32O2.Pt/c1-35(2)48-25-23-40(33-49(48)47-31-44(38-19-11-5-12-20-38)28-45(32-47)39-21-13-6-14-22-39)50-26-24-41(34-51-50)46-29-42(36-15-7-3-8-16-36)27-43(30-46)37-17-9-4-10-18-37;1-10(2)16(11(3)4)14(18)9-15(19)17(12(5)6)13(7)8;/h3-22,24-35H,1-2H3;9-13,16-18H,1-8H3;/q-1;;/b;14-9-;. The predicted octanol–water partition coefficient (Wildman–Crippen LogP) is 18.5. The van der Waals surface area contributed by atoms with Crippen molar-refractivity contribution in [1.82, 2.24) is 4.98 Å². The molecular weight excluding hydrogens is 1050 g/mol. The number of nitrogens with zero attached hydrogens (tertiary/aromatic N) is 1. The van der Waals surface area contributed by atoms with E-state index in [0.29, 0.717) is 29.6 Å². The van der Waals surface area contributed by atoms with Crippen molar-refractivity contribution < 1.29 is 31.0 Å². The number of aromatic nitrogens is 1. The van der Waals surface area contributed by atoms with Crippen LogP contribution in [0.3, 0.4) is 0 Å². The molecule has 0 amide bonds. The molecule has 0 spiro atoms. The van der Waals surface area contributed by atoms with Gasteiger partial charge in [0.25, 0.3) is 0 Å². The Morgan fingerprint density at radius 1 is 0.451 bits per heavy atom. The molecule has 1 aromatic heterocycles. The van der Waals surface area contributed by atoms with E-state index in [4.69, 9.17) is 4.98 Å². The summed E-state index contributed by atoms with van der Waals surface area (Å²) >= 11 is 0. The molecule has 0 bridgehead atoms. The van der Waals surface area contributed by atoms with Crippen molar-refractivity contribution in [3.05, 3.63) is 212 Å². The summed E-state index contributed by atoms with van der Waals surface area (Å²) in [6.45, 7) is 21.1. The van der Waals surface area contributed by atoms with Crippen LogP contribution >= 0.6 is 0 Å². The van der Waals surface area contributed by atoms with Crippen molar-refractivity contribution in [1.29, 1.82) is 0 Å². The van der Waals surface area contributed by atoms with Crippen molar-refractivity contribution in [2.45, 2.75) is 75.2 Å². The van der Waals surface area contributed by atoms with Crippen molar-refractivity contribution in [3.63, 3.8) is 0 Å². The van der Waals surface area contributed by atoms with Crippen molar-refractivity contribution in [2.24, 2.45) is 35.5 Å². The Morgan fingerprint density at radius 3 is 1.15 bits per heavy atom. The van der Waals surface area contributed by atoms with E-state index in [1.165, 1.54) is 67.3 Å². The Balaban J connectivity index is 0.000000352. The normalized spacial score (nSPS) is 11.6. The molecule has 366 valence electrons. The quantitative estimate of drug-likeness (QED) is 0.0632. The monoisotopic (exact) mass is 1120 g/mol. The smallest absolute Gasteiger partial charge is 0.162 e. The molecule has 8 aromatic rings. The van der Waals surface area contributed by atoms with Gasteiger partial charge in [0.2, 0.25) is 0 Å². The summed E-state index contributed by atoms with van der Waals surface area (Å²) < 4.78 is 0. The molecule has 4 heteroatoms. The van der Waals surface area contributed by atoms with E-state index in [9.17, 15) is 9.90 Å². The molecule has 0 unspecified atom stereocenters. The number of aliphatic hydroxyl groups excluding tert-OH is 1. The van der Waals surface area contributed by atoms with Gasteiger partial charge in [-0.25, -0.2) is 0 Å². The van der Waals surface area contributed by atoms with Crippen LogP contribution in [0.5, 0.6) is 0 Å². The molecule has 0 atom stereocenters. The van der Waals surface area contributed by atoms with Crippen LogP contribution in [-0.4, -0.2) is 15.9 Å². The van der Waals surface area contributed by atoms with Crippen molar-refractivity contribution in [3.8, 4) is 78.0 Å². The fraction of sp³-hybridized carbons (Fsp3) is 0.254. The maximum Gasteiger partial charge on any atom is 0.162 e. The molecule has 0 aliphatic rings. The number of benzene rings is 7. The molecule has 0 aliphatic heterocycles. The molecule has 0 fully saturated rings. The molecular formula is C67H70NO2Pt-. The van der Waals surface area contributed by atoms with Crippen LogP contribution < -0.4 is 0 Å². The molecule has 8 rings (SSSR count). The predicted molar refractivity (Wildman–Crippen MR) is 297 cm³/mol. The number of rotatable bonds is 15. The number of carbonyl (C=O) groups excluding carboxylic acids is 1. The van der Waals surface area contributed by atoms with Gasteiger partial charge in [-0.2, -0.15) is 0 Å². The first-order valence-electron chi connectivity index (χ1n) is 25.2. The fourth-order valence-corrected chi connectivity index (χ4v) is 10.1. The van der Waals surface area contributed by atoms with E-state index < -0.39 is 0 Å². The molecule has 0 radical (unpaired) electrons.